The summed E-state index contributed by atoms with van der Waals surface area (Å²) >= 11 is 0. The Hall–Kier alpha value is -4.90. The van der Waals surface area contributed by atoms with Crippen molar-refractivity contribution in [2.24, 2.45) is 10.8 Å². The van der Waals surface area contributed by atoms with E-state index in [0.717, 1.165) is 18.2 Å². The summed E-state index contributed by atoms with van der Waals surface area (Å²) in [7, 11) is 0. The van der Waals surface area contributed by atoms with E-state index in [-0.39, 0.29) is 56.4 Å². The average Bonchev–Trinajstić information content (AvgIpc) is 3.06. The zero-order valence-corrected chi connectivity index (χ0v) is 27.9. The Morgan fingerprint density at radius 1 is 0.521 bits per heavy atom. The SMILES string of the molecule is C=C(C)C(=O)O.C=C(C)C(=O)O.C=C(C)C(=O)O.C=CC(=O)OCC(CO)(COC(=O)C=C)COC(=O)C=C.CCC(CO)(CO)CO. The minimum Gasteiger partial charge on any atom is -0.478 e. The maximum absolute atomic E-state index is 11.1. The fourth-order valence-electron chi connectivity index (χ4n) is 1.60. The fraction of sp³-hybridized carbons (Fsp3) is 0.438. The topological polar surface area (TPSA) is 272 Å². The van der Waals surface area contributed by atoms with Crippen LogP contribution in [0.2, 0.25) is 0 Å². The van der Waals surface area contributed by atoms with Gasteiger partial charge in [-0.25, -0.2) is 28.8 Å². The van der Waals surface area contributed by atoms with Crippen LogP contribution in [0.25, 0.3) is 0 Å². The van der Waals surface area contributed by atoms with Crippen molar-refractivity contribution >= 4 is 35.8 Å². The average molecular weight is 691 g/mol. The zero-order valence-electron chi connectivity index (χ0n) is 27.9. The Balaban J connectivity index is -0.000000187. The van der Waals surface area contributed by atoms with E-state index >= 15 is 0 Å². The van der Waals surface area contributed by atoms with E-state index in [1.165, 1.54) is 20.8 Å². The molecule has 48 heavy (non-hydrogen) atoms. The molecule has 0 aromatic carbocycles. The van der Waals surface area contributed by atoms with Crippen molar-refractivity contribution in [2.75, 3.05) is 46.2 Å². The van der Waals surface area contributed by atoms with E-state index < -0.39 is 53.3 Å². The van der Waals surface area contributed by atoms with Crippen LogP contribution in [0.5, 0.6) is 0 Å². The molecule has 0 saturated carbocycles. The first kappa shape index (κ1) is 52.6. The molecule has 16 nitrogen and oxygen atoms in total. The lowest BCUT2D eigenvalue weighted by Gasteiger charge is -2.29. The molecule has 0 fully saturated rings. The molecule has 7 N–H and O–H groups in total. The fourth-order valence-corrected chi connectivity index (χ4v) is 1.60. The Bertz CT molecular complexity index is 929. The van der Waals surface area contributed by atoms with E-state index in [4.69, 9.17) is 44.8 Å². The number of carbonyl (C=O) groups is 6. The summed E-state index contributed by atoms with van der Waals surface area (Å²) in [6.45, 7) is 23.3. The molecular formula is C32H50O16. The second-order valence-corrected chi connectivity index (χ2v) is 9.68. The second-order valence-electron chi connectivity index (χ2n) is 9.68. The maximum atomic E-state index is 11.1. The lowest BCUT2D eigenvalue weighted by molar-refractivity contribution is -0.159. The molecule has 0 amide bonds. The van der Waals surface area contributed by atoms with Gasteiger partial charge in [-0.2, -0.15) is 0 Å². The first-order valence-electron chi connectivity index (χ1n) is 13.6. The Kier molecular flexibility index (Phi) is 33.7. The number of carboxylic acids is 3. The van der Waals surface area contributed by atoms with Crippen LogP contribution in [0.4, 0.5) is 0 Å². The number of aliphatic carboxylic acids is 3. The molecule has 0 saturated heterocycles. The largest absolute Gasteiger partial charge is 0.478 e. The molecule has 0 rings (SSSR count). The van der Waals surface area contributed by atoms with Crippen molar-refractivity contribution in [3.05, 3.63) is 74.4 Å². The van der Waals surface area contributed by atoms with Gasteiger partial charge in [0.25, 0.3) is 0 Å². The van der Waals surface area contributed by atoms with Crippen molar-refractivity contribution < 1.29 is 78.7 Å². The minimum atomic E-state index is -1.28. The Morgan fingerprint density at radius 3 is 0.792 bits per heavy atom. The third-order valence-electron chi connectivity index (χ3n) is 5.25. The van der Waals surface area contributed by atoms with Crippen molar-refractivity contribution in [3.63, 3.8) is 0 Å². The number of hydrogen-bond donors (Lipinski definition) is 7. The van der Waals surface area contributed by atoms with Crippen LogP contribution >= 0.6 is 0 Å². The number of aliphatic hydroxyl groups excluding tert-OH is 4. The molecule has 0 aliphatic carbocycles. The van der Waals surface area contributed by atoms with Gasteiger partial charge in [0, 0.05) is 40.4 Å². The van der Waals surface area contributed by atoms with Crippen LogP contribution in [0.15, 0.2) is 74.4 Å². The monoisotopic (exact) mass is 690 g/mol. The summed E-state index contributed by atoms with van der Waals surface area (Å²) in [4.78, 5) is 62.1. The molecule has 16 heteroatoms. The minimum absolute atomic E-state index is 0.156. The number of esters is 3. The summed E-state index contributed by atoms with van der Waals surface area (Å²) in [6.07, 6.45) is 3.41. The van der Waals surface area contributed by atoms with E-state index in [1.54, 1.807) is 0 Å². The van der Waals surface area contributed by atoms with Crippen LogP contribution in [0.1, 0.15) is 34.1 Å². The number of aliphatic hydroxyl groups is 4. The molecule has 0 unspecified atom stereocenters. The van der Waals surface area contributed by atoms with E-state index in [1.807, 2.05) is 6.92 Å². The lowest BCUT2D eigenvalue weighted by Crippen LogP contribution is -2.42. The molecule has 0 radical (unpaired) electrons. The molecular weight excluding hydrogens is 640 g/mol. The van der Waals surface area contributed by atoms with Gasteiger partial charge in [0.1, 0.15) is 19.8 Å². The van der Waals surface area contributed by atoms with Gasteiger partial charge in [0.15, 0.2) is 0 Å². The number of carboxylic acid groups (broad SMARTS) is 3. The van der Waals surface area contributed by atoms with Gasteiger partial charge in [-0.3, -0.25) is 0 Å². The predicted molar refractivity (Wildman–Crippen MR) is 174 cm³/mol. The summed E-state index contributed by atoms with van der Waals surface area (Å²) in [6, 6.07) is 0. The number of hydrogen-bond acceptors (Lipinski definition) is 13. The highest BCUT2D eigenvalue weighted by Gasteiger charge is 2.35. The molecule has 0 bridgehead atoms. The van der Waals surface area contributed by atoms with Gasteiger partial charge in [0.2, 0.25) is 0 Å². The highest BCUT2D eigenvalue weighted by molar-refractivity contribution is 5.85. The van der Waals surface area contributed by atoms with Crippen molar-refractivity contribution in [1.29, 1.82) is 0 Å². The first-order chi connectivity index (χ1) is 22.1. The van der Waals surface area contributed by atoms with Gasteiger partial charge in [-0.05, 0) is 27.2 Å². The van der Waals surface area contributed by atoms with Crippen LogP contribution in [-0.4, -0.2) is 118 Å². The third-order valence-corrected chi connectivity index (χ3v) is 5.25. The molecule has 0 spiro atoms. The van der Waals surface area contributed by atoms with Gasteiger partial charge < -0.3 is 50.0 Å². The van der Waals surface area contributed by atoms with Crippen molar-refractivity contribution in [1.82, 2.24) is 0 Å². The van der Waals surface area contributed by atoms with E-state index in [9.17, 15) is 33.9 Å². The van der Waals surface area contributed by atoms with E-state index in [2.05, 4.69) is 39.5 Å². The molecule has 0 aromatic rings. The molecule has 0 aliphatic heterocycles. The number of carbonyl (C=O) groups excluding carboxylic acids is 3. The predicted octanol–water partition coefficient (Wildman–Crippen LogP) is 1.45. The molecule has 0 heterocycles. The highest BCUT2D eigenvalue weighted by Crippen LogP contribution is 2.20. The van der Waals surface area contributed by atoms with Gasteiger partial charge in [0.05, 0.1) is 31.8 Å². The zero-order chi connectivity index (χ0) is 39.1. The van der Waals surface area contributed by atoms with Gasteiger partial charge >= 0.3 is 35.8 Å². The number of ether oxygens (including phenoxy) is 3. The molecule has 0 aromatic heterocycles. The second kappa shape index (κ2) is 30.7. The Morgan fingerprint density at radius 2 is 0.708 bits per heavy atom. The Labute approximate surface area is 280 Å². The highest BCUT2D eigenvalue weighted by atomic mass is 16.6. The van der Waals surface area contributed by atoms with Crippen LogP contribution < -0.4 is 0 Å². The molecule has 0 atom stereocenters. The number of rotatable bonds is 17. The molecule has 0 aliphatic rings. The summed E-state index contributed by atoms with van der Waals surface area (Å²) < 4.78 is 14.5. The normalized spacial score (nSPS) is 9.50. The summed E-state index contributed by atoms with van der Waals surface area (Å²) in [5, 5.41) is 59.1. The summed E-state index contributed by atoms with van der Waals surface area (Å²) in [5.41, 5.74) is -1.42. The van der Waals surface area contributed by atoms with Crippen LogP contribution in [0.3, 0.4) is 0 Å². The van der Waals surface area contributed by atoms with Gasteiger partial charge in [-0.1, -0.05) is 46.4 Å². The van der Waals surface area contributed by atoms with Gasteiger partial charge in [-0.15, -0.1) is 0 Å². The van der Waals surface area contributed by atoms with E-state index in [0.29, 0.717) is 6.42 Å². The third kappa shape index (κ3) is 31.1. The standard InChI is InChI=1S/C14H18O7.C6H14O3.3C4H6O2/c1-4-11(16)19-8-14(7-15,9-20-12(17)5-2)10-21-13(18)6-3;1-2-6(3-7,4-8)5-9;3*1-3(2)4(5)6/h4-6,15H,1-3,7-10H2;7-9H,2-5H2,1H3;3*1H2,2H3,(H,5,6). The van der Waals surface area contributed by atoms with Crippen LogP contribution in [0, 0.1) is 10.8 Å². The van der Waals surface area contributed by atoms with Crippen molar-refractivity contribution in [3.8, 4) is 0 Å². The maximum Gasteiger partial charge on any atom is 0.330 e. The summed E-state index contributed by atoms with van der Waals surface area (Å²) in [5.74, 6) is -4.98. The van der Waals surface area contributed by atoms with Crippen LogP contribution in [-0.2, 0) is 43.0 Å². The quantitative estimate of drug-likeness (QED) is 0.0646. The van der Waals surface area contributed by atoms with Crippen molar-refractivity contribution in [2.45, 2.75) is 34.1 Å². The molecule has 274 valence electrons. The first-order valence-corrected chi connectivity index (χ1v) is 13.6. The lowest BCUT2D eigenvalue weighted by atomic mass is 9.88. The smallest absolute Gasteiger partial charge is 0.330 e.